The second-order valence-corrected chi connectivity index (χ2v) is 5.08. The number of ether oxygens (including phenoxy) is 1. The molecule has 4 nitrogen and oxygen atoms in total. The molecular weight excluding hydrogens is 320 g/mol. The molecule has 2 aromatic carbocycles. The van der Waals surface area contributed by atoms with Crippen molar-refractivity contribution >= 4 is 27.5 Å². The van der Waals surface area contributed by atoms with Crippen LogP contribution < -0.4 is 15.8 Å². The Balaban J connectivity index is 2.12. The minimum atomic E-state index is -0.703. The van der Waals surface area contributed by atoms with Gasteiger partial charge in [-0.3, -0.25) is 4.79 Å². The van der Waals surface area contributed by atoms with Crippen molar-refractivity contribution in [2.75, 3.05) is 12.4 Å². The smallest absolute Gasteiger partial charge is 0.245 e. The molecule has 0 fully saturated rings. The molecular formula is C15H15BrN2O2. The molecule has 0 aliphatic carbocycles. The molecule has 1 amide bonds. The number of rotatable bonds is 4. The lowest BCUT2D eigenvalue weighted by Crippen LogP contribution is -2.27. The van der Waals surface area contributed by atoms with Crippen LogP contribution in [0.5, 0.6) is 5.75 Å². The molecule has 20 heavy (non-hydrogen) atoms. The van der Waals surface area contributed by atoms with Gasteiger partial charge < -0.3 is 15.8 Å². The van der Waals surface area contributed by atoms with E-state index in [1.165, 1.54) is 0 Å². The molecule has 0 bridgehead atoms. The van der Waals surface area contributed by atoms with Crippen molar-refractivity contribution in [3.05, 3.63) is 58.6 Å². The number of amides is 1. The summed E-state index contributed by atoms with van der Waals surface area (Å²) in [7, 11) is 1.57. The van der Waals surface area contributed by atoms with Gasteiger partial charge in [-0.25, -0.2) is 0 Å². The van der Waals surface area contributed by atoms with E-state index in [9.17, 15) is 4.79 Å². The van der Waals surface area contributed by atoms with Crippen LogP contribution in [-0.4, -0.2) is 13.0 Å². The van der Waals surface area contributed by atoms with Crippen molar-refractivity contribution in [3.8, 4) is 5.75 Å². The molecule has 0 radical (unpaired) electrons. The lowest BCUT2D eigenvalue weighted by atomic mass is 10.1. The highest BCUT2D eigenvalue weighted by atomic mass is 79.9. The van der Waals surface area contributed by atoms with E-state index in [4.69, 9.17) is 10.5 Å². The van der Waals surface area contributed by atoms with Crippen molar-refractivity contribution in [2.24, 2.45) is 5.73 Å². The fourth-order valence-corrected chi connectivity index (χ4v) is 2.18. The molecule has 104 valence electrons. The summed E-state index contributed by atoms with van der Waals surface area (Å²) in [5.74, 6) is 0.386. The van der Waals surface area contributed by atoms with Crippen LogP contribution in [0.15, 0.2) is 53.0 Å². The number of hydrogen-bond donors (Lipinski definition) is 2. The highest BCUT2D eigenvalue weighted by Crippen LogP contribution is 2.28. The number of anilines is 1. The van der Waals surface area contributed by atoms with Gasteiger partial charge in [0, 0.05) is 11.8 Å². The molecule has 0 saturated heterocycles. The van der Waals surface area contributed by atoms with Gasteiger partial charge in [-0.05, 0) is 33.6 Å². The third kappa shape index (κ3) is 3.37. The molecule has 0 aromatic heterocycles. The van der Waals surface area contributed by atoms with E-state index in [0.717, 1.165) is 10.0 Å². The lowest BCUT2D eigenvalue weighted by Gasteiger charge is -2.13. The predicted octanol–water partition coefficient (Wildman–Crippen LogP) is 3.10. The van der Waals surface area contributed by atoms with Crippen LogP contribution >= 0.6 is 15.9 Å². The van der Waals surface area contributed by atoms with Crippen LogP contribution in [0.25, 0.3) is 0 Å². The zero-order valence-corrected chi connectivity index (χ0v) is 12.6. The molecule has 0 unspecified atom stereocenters. The summed E-state index contributed by atoms with van der Waals surface area (Å²) in [5, 5.41) is 2.78. The molecule has 0 heterocycles. The second-order valence-electron chi connectivity index (χ2n) is 4.23. The third-order valence-electron chi connectivity index (χ3n) is 2.86. The minimum absolute atomic E-state index is 0.263. The topological polar surface area (TPSA) is 64.3 Å². The normalized spacial score (nSPS) is 11.8. The van der Waals surface area contributed by atoms with Crippen LogP contribution in [0.4, 0.5) is 5.69 Å². The maximum absolute atomic E-state index is 12.1. The van der Waals surface area contributed by atoms with Gasteiger partial charge in [-0.2, -0.15) is 0 Å². The van der Waals surface area contributed by atoms with E-state index in [0.29, 0.717) is 11.4 Å². The Morgan fingerprint density at radius 1 is 1.25 bits per heavy atom. The molecule has 0 aliphatic rings. The Kier molecular flexibility index (Phi) is 4.76. The average molecular weight is 335 g/mol. The van der Waals surface area contributed by atoms with Gasteiger partial charge in [-0.1, -0.05) is 30.3 Å². The van der Waals surface area contributed by atoms with Gasteiger partial charge in [0.2, 0.25) is 5.91 Å². The van der Waals surface area contributed by atoms with E-state index < -0.39 is 6.04 Å². The van der Waals surface area contributed by atoms with Crippen LogP contribution in [0.3, 0.4) is 0 Å². The summed E-state index contributed by atoms with van der Waals surface area (Å²) in [5.41, 5.74) is 7.35. The van der Waals surface area contributed by atoms with E-state index in [2.05, 4.69) is 21.2 Å². The zero-order chi connectivity index (χ0) is 14.5. The SMILES string of the molecule is COc1cc(NC(=O)[C@@H](N)c2ccccc2)ccc1Br. The first-order chi connectivity index (χ1) is 9.61. The number of hydrogen-bond acceptors (Lipinski definition) is 3. The molecule has 2 aromatic rings. The Hall–Kier alpha value is -1.85. The Labute approximate surface area is 126 Å². The monoisotopic (exact) mass is 334 g/mol. The van der Waals surface area contributed by atoms with Crippen LogP contribution in [0.1, 0.15) is 11.6 Å². The van der Waals surface area contributed by atoms with Crippen molar-refractivity contribution < 1.29 is 9.53 Å². The third-order valence-corrected chi connectivity index (χ3v) is 3.51. The van der Waals surface area contributed by atoms with Crippen molar-refractivity contribution in [1.29, 1.82) is 0 Å². The fourth-order valence-electron chi connectivity index (χ4n) is 1.77. The van der Waals surface area contributed by atoms with Gasteiger partial charge >= 0.3 is 0 Å². The zero-order valence-electron chi connectivity index (χ0n) is 11.0. The van der Waals surface area contributed by atoms with Crippen LogP contribution in [-0.2, 0) is 4.79 Å². The first-order valence-electron chi connectivity index (χ1n) is 6.06. The molecule has 0 saturated carbocycles. The van der Waals surface area contributed by atoms with E-state index in [1.54, 1.807) is 19.2 Å². The maximum atomic E-state index is 12.1. The second kappa shape index (κ2) is 6.54. The van der Waals surface area contributed by atoms with Crippen LogP contribution in [0.2, 0.25) is 0 Å². The maximum Gasteiger partial charge on any atom is 0.245 e. The van der Waals surface area contributed by atoms with Gasteiger partial charge in [0.1, 0.15) is 11.8 Å². The van der Waals surface area contributed by atoms with E-state index in [1.807, 2.05) is 36.4 Å². The number of methoxy groups -OCH3 is 1. The average Bonchev–Trinajstić information content (AvgIpc) is 2.49. The van der Waals surface area contributed by atoms with E-state index in [-0.39, 0.29) is 5.91 Å². The molecule has 2 rings (SSSR count). The number of nitrogens with two attached hydrogens (primary N) is 1. The van der Waals surface area contributed by atoms with Gasteiger partial charge in [0.05, 0.1) is 11.6 Å². The molecule has 5 heteroatoms. The summed E-state index contributed by atoms with van der Waals surface area (Å²) in [6.07, 6.45) is 0. The number of benzene rings is 2. The number of carbonyl (C=O) groups is 1. The summed E-state index contributed by atoms with van der Waals surface area (Å²) in [6, 6.07) is 13.9. The van der Waals surface area contributed by atoms with Gasteiger partial charge in [0.25, 0.3) is 0 Å². The Morgan fingerprint density at radius 3 is 2.60 bits per heavy atom. The number of halogens is 1. The Morgan fingerprint density at radius 2 is 1.95 bits per heavy atom. The molecule has 0 aliphatic heterocycles. The largest absolute Gasteiger partial charge is 0.495 e. The van der Waals surface area contributed by atoms with Gasteiger partial charge in [0.15, 0.2) is 0 Å². The summed E-state index contributed by atoms with van der Waals surface area (Å²) in [6.45, 7) is 0. The van der Waals surface area contributed by atoms with E-state index >= 15 is 0 Å². The first kappa shape index (κ1) is 14.6. The molecule has 1 atom stereocenters. The van der Waals surface area contributed by atoms with Crippen LogP contribution in [0, 0.1) is 0 Å². The van der Waals surface area contributed by atoms with Crippen molar-refractivity contribution in [3.63, 3.8) is 0 Å². The lowest BCUT2D eigenvalue weighted by molar-refractivity contribution is -0.117. The quantitative estimate of drug-likeness (QED) is 0.902. The van der Waals surface area contributed by atoms with Gasteiger partial charge in [-0.15, -0.1) is 0 Å². The standard InChI is InChI=1S/C15H15BrN2O2/c1-20-13-9-11(7-8-12(13)16)18-15(19)14(17)10-5-3-2-4-6-10/h2-9,14H,17H2,1H3,(H,18,19)/t14-/m0/s1. The highest BCUT2D eigenvalue weighted by Gasteiger charge is 2.15. The first-order valence-corrected chi connectivity index (χ1v) is 6.86. The summed E-state index contributed by atoms with van der Waals surface area (Å²) >= 11 is 3.36. The van der Waals surface area contributed by atoms with Crippen molar-refractivity contribution in [1.82, 2.24) is 0 Å². The minimum Gasteiger partial charge on any atom is -0.495 e. The summed E-state index contributed by atoms with van der Waals surface area (Å²) < 4.78 is 6.01. The highest BCUT2D eigenvalue weighted by molar-refractivity contribution is 9.10. The predicted molar refractivity (Wildman–Crippen MR) is 82.7 cm³/mol. The number of nitrogens with one attached hydrogen (secondary N) is 1. The summed E-state index contributed by atoms with van der Waals surface area (Å²) in [4.78, 5) is 12.1. The Bertz CT molecular complexity index is 602. The number of carbonyl (C=O) groups excluding carboxylic acids is 1. The molecule has 0 spiro atoms. The molecule has 3 N–H and O–H groups in total. The fraction of sp³-hybridized carbons (Fsp3) is 0.133. The van der Waals surface area contributed by atoms with Crippen molar-refractivity contribution in [2.45, 2.75) is 6.04 Å².